The lowest BCUT2D eigenvalue weighted by Gasteiger charge is -2.32. The van der Waals surface area contributed by atoms with Gasteiger partial charge in [-0.05, 0) is 56.3 Å². The van der Waals surface area contributed by atoms with Gasteiger partial charge in [0.25, 0.3) is 11.8 Å². The molecule has 31 heavy (non-hydrogen) atoms. The number of benzene rings is 2. The Hall–Kier alpha value is -2.74. The third-order valence-corrected chi connectivity index (χ3v) is 6.28. The number of amides is 2. The van der Waals surface area contributed by atoms with Crippen LogP contribution in [-0.4, -0.2) is 64.0 Å². The van der Waals surface area contributed by atoms with Crippen molar-refractivity contribution in [1.82, 2.24) is 14.8 Å². The van der Waals surface area contributed by atoms with Crippen LogP contribution in [0.4, 0.5) is 0 Å². The van der Waals surface area contributed by atoms with Crippen molar-refractivity contribution in [2.45, 2.75) is 24.9 Å². The summed E-state index contributed by atoms with van der Waals surface area (Å²) in [5.74, 6) is 0.267. The largest absolute Gasteiger partial charge is 0.440 e. The van der Waals surface area contributed by atoms with Crippen LogP contribution in [0.5, 0.6) is 0 Å². The molecule has 3 aromatic rings. The monoisotopic (exact) mass is 439 g/mol. The fraction of sp³-hybridized carbons (Fsp3) is 0.348. The number of fused-ring (bicyclic) bond motifs is 2. The summed E-state index contributed by atoms with van der Waals surface area (Å²) >= 11 is 6.03. The normalized spacial score (nSPS) is 18.7. The number of imide groups is 1. The number of aromatic nitrogens is 1. The van der Waals surface area contributed by atoms with Gasteiger partial charge < -0.3 is 14.4 Å². The topological polar surface area (TPSA) is 86.9 Å². The number of halogens is 1. The minimum atomic E-state index is -0.801. The Morgan fingerprint density at radius 2 is 1.74 bits per heavy atom. The van der Waals surface area contributed by atoms with E-state index in [1.165, 1.54) is 0 Å². The standard InChI is InChI=1S/C23H22ClN3O4/c24-15-5-6-20-19(11-15)25-21(31-20)14-7-9-26(10-8-14)12-16(28)13-27-22(29)17-3-1-2-4-18(17)23(27)30/h1-6,11,14,16,28H,7-10,12-13H2. The molecule has 1 fully saturated rings. The lowest BCUT2D eigenvalue weighted by molar-refractivity contribution is 0.0446. The number of hydrogen-bond acceptors (Lipinski definition) is 6. The minimum Gasteiger partial charge on any atom is -0.440 e. The molecule has 2 aliphatic heterocycles. The average molecular weight is 440 g/mol. The third-order valence-electron chi connectivity index (χ3n) is 6.04. The first kappa shape index (κ1) is 20.2. The maximum Gasteiger partial charge on any atom is 0.261 e. The molecule has 1 atom stereocenters. The van der Waals surface area contributed by atoms with Gasteiger partial charge in [-0.15, -0.1) is 0 Å². The molecule has 7 nitrogen and oxygen atoms in total. The molecule has 2 aromatic carbocycles. The van der Waals surface area contributed by atoms with Crippen molar-refractivity contribution in [3.63, 3.8) is 0 Å². The number of carbonyl (C=O) groups is 2. The van der Waals surface area contributed by atoms with Crippen molar-refractivity contribution < 1.29 is 19.1 Å². The highest BCUT2D eigenvalue weighted by molar-refractivity contribution is 6.31. The van der Waals surface area contributed by atoms with E-state index in [0.29, 0.717) is 22.7 Å². The first-order chi connectivity index (χ1) is 15.0. The minimum absolute atomic E-state index is 0.00182. The molecule has 0 spiro atoms. The second-order valence-corrected chi connectivity index (χ2v) is 8.60. The van der Waals surface area contributed by atoms with Crippen LogP contribution in [0.25, 0.3) is 11.1 Å². The van der Waals surface area contributed by atoms with Gasteiger partial charge in [0.15, 0.2) is 11.5 Å². The van der Waals surface area contributed by atoms with E-state index < -0.39 is 6.10 Å². The summed E-state index contributed by atoms with van der Waals surface area (Å²) in [6.45, 7) is 1.97. The van der Waals surface area contributed by atoms with E-state index in [-0.39, 0.29) is 24.3 Å². The molecule has 1 saturated heterocycles. The Bertz CT molecular complexity index is 1120. The van der Waals surface area contributed by atoms with Gasteiger partial charge in [-0.3, -0.25) is 14.5 Å². The number of nitrogens with zero attached hydrogens (tertiary/aromatic N) is 3. The predicted octanol–water partition coefficient (Wildman–Crippen LogP) is 3.32. The molecule has 5 rings (SSSR count). The van der Waals surface area contributed by atoms with E-state index >= 15 is 0 Å². The number of aliphatic hydroxyl groups is 1. The quantitative estimate of drug-likeness (QED) is 0.614. The maximum atomic E-state index is 12.5. The lowest BCUT2D eigenvalue weighted by atomic mass is 9.96. The summed E-state index contributed by atoms with van der Waals surface area (Å²) < 4.78 is 5.90. The first-order valence-corrected chi connectivity index (χ1v) is 10.8. The molecule has 0 saturated carbocycles. The van der Waals surface area contributed by atoms with Crippen LogP contribution in [0.15, 0.2) is 46.9 Å². The van der Waals surface area contributed by atoms with Gasteiger partial charge in [-0.25, -0.2) is 4.98 Å². The smallest absolute Gasteiger partial charge is 0.261 e. The zero-order chi connectivity index (χ0) is 21.5. The second kappa shape index (κ2) is 8.07. The van der Waals surface area contributed by atoms with Gasteiger partial charge in [-0.2, -0.15) is 0 Å². The van der Waals surface area contributed by atoms with Gasteiger partial charge in [0.2, 0.25) is 0 Å². The van der Waals surface area contributed by atoms with E-state index in [9.17, 15) is 14.7 Å². The van der Waals surface area contributed by atoms with Crippen LogP contribution in [0, 0.1) is 0 Å². The number of β-amino-alcohol motifs (C(OH)–C–C–N with tert-alkyl or cyclic N) is 1. The summed E-state index contributed by atoms with van der Waals surface area (Å²) in [5, 5.41) is 11.2. The van der Waals surface area contributed by atoms with E-state index in [0.717, 1.165) is 47.8 Å². The Balaban J connectivity index is 1.16. The van der Waals surface area contributed by atoms with Crippen molar-refractivity contribution in [3.8, 4) is 0 Å². The van der Waals surface area contributed by atoms with Crippen molar-refractivity contribution in [2.24, 2.45) is 0 Å². The predicted molar refractivity (Wildman–Crippen MR) is 115 cm³/mol. The fourth-order valence-electron chi connectivity index (χ4n) is 4.43. The van der Waals surface area contributed by atoms with Crippen LogP contribution in [-0.2, 0) is 0 Å². The summed E-state index contributed by atoms with van der Waals surface area (Å²) in [6.07, 6.45) is 0.922. The molecule has 2 aliphatic rings. The molecule has 3 heterocycles. The number of oxazole rings is 1. The maximum absolute atomic E-state index is 12.5. The number of aliphatic hydroxyl groups excluding tert-OH is 1. The number of carbonyl (C=O) groups excluding carboxylic acids is 2. The first-order valence-electron chi connectivity index (χ1n) is 10.4. The number of likely N-dealkylation sites (tertiary alicyclic amines) is 1. The van der Waals surface area contributed by atoms with Gasteiger partial charge in [-0.1, -0.05) is 23.7 Å². The highest BCUT2D eigenvalue weighted by Gasteiger charge is 2.36. The number of rotatable bonds is 5. The molecule has 1 N–H and O–H groups in total. The Labute approximate surface area is 184 Å². The molecular formula is C23H22ClN3O4. The van der Waals surface area contributed by atoms with Gasteiger partial charge in [0, 0.05) is 17.5 Å². The molecular weight excluding hydrogens is 418 g/mol. The molecule has 0 radical (unpaired) electrons. The highest BCUT2D eigenvalue weighted by Crippen LogP contribution is 2.31. The second-order valence-electron chi connectivity index (χ2n) is 8.16. The van der Waals surface area contributed by atoms with Crippen LogP contribution in [0.2, 0.25) is 5.02 Å². The highest BCUT2D eigenvalue weighted by atomic mass is 35.5. The van der Waals surface area contributed by atoms with Crippen molar-refractivity contribution in [3.05, 3.63) is 64.5 Å². The molecule has 8 heteroatoms. The van der Waals surface area contributed by atoms with Crippen LogP contribution >= 0.6 is 11.6 Å². The fourth-order valence-corrected chi connectivity index (χ4v) is 4.59. The molecule has 0 bridgehead atoms. The Kier molecular flexibility index (Phi) is 5.25. The van der Waals surface area contributed by atoms with Gasteiger partial charge in [0.05, 0.1) is 23.8 Å². The summed E-state index contributed by atoms with van der Waals surface area (Å²) in [5.41, 5.74) is 2.31. The van der Waals surface area contributed by atoms with E-state index in [1.807, 2.05) is 6.07 Å². The number of piperidine rings is 1. The van der Waals surface area contributed by atoms with Crippen LogP contribution < -0.4 is 0 Å². The van der Waals surface area contributed by atoms with Gasteiger partial charge >= 0.3 is 0 Å². The summed E-state index contributed by atoms with van der Waals surface area (Å²) in [7, 11) is 0. The summed E-state index contributed by atoms with van der Waals surface area (Å²) in [4.78, 5) is 32.9. The zero-order valence-corrected chi connectivity index (χ0v) is 17.6. The molecule has 1 aromatic heterocycles. The Morgan fingerprint density at radius 3 is 2.42 bits per heavy atom. The van der Waals surface area contributed by atoms with Crippen molar-refractivity contribution in [1.29, 1.82) is 0 Å². The molecule has 1 unspecified atom stereocenters. The van der Waals surface area contributed by atoms with Crippen molar-refractivity contribution >= 4 is 34.5 Å². The third kappa shape index (κ3) is 3.84. The molecule has 160 valence electrons. The van der Waals surface area contributed by atoms with E-state index in [2.05, 4.69) is 9.88 Å². The van der Waals surface area contributed by atoms with Gasteiger partial charge in [0.1, 0.15) is 5.52 Å². The van der Waals surface area contributed by atoms with Crippen LogP contribution in [0.1, 0.15) is 45.4 Å². The molecule has 2 amide bonds. The zero-order valence-electron chi connectivity index (χ0n) is 16.8. The molecule has 0 aliphatic carbocycles. The Morgan fingerprint density at radius 1 is 1.06 bits per heavy atom. The van der Waals surface area contributed by atoms with Crippen LogP contribution in [0.3, 0.4) is 0 Å². The average Bonchev–Trinajstić information content (AvgIpc) is 3.29. The number of hydrogen-bond donors (Lipinski definition) is 1. The van der Waals surface area contributed by atoms with E-state index in [1.54, 1.807) is 36.4 Å². The summed E-state index contributed by atoms with van der Waals surface area (Å²) in [6, 6.07) is 12.2. The van der Waals surface area contributed by atoms with Crippen molar-refractivity contribution in [2.75, 3.05) is 26.2 Å². The van der Waals surface area contributed by atoms with E-state index in [4.69, 9.17) is 16.0 Å². The SMILES string of the molecule is O=C1c2ccccc2C(=O)N1CC(O)CN1CCC(c2nc3cc(Cl)ccc3o2)CC1. The lowest BCUT2D eigenvalue weighted by Crippen LogP contribution is -2.44.